The maximum absolute atomic E-state index is 10.9. The van der Waals surface area contributed by atoms with E-state index in [9.17, 15) is 10.1 Å². The van der Waals surface area contributed by atoms with Crippen molar-refractivity contribution in [1.29, 1.82) is 0 Å². The summed E-state index contributed by atoms with van der Waals surface area (Å²) in [7, 11) is 1.44. The van der Waals surface area contributed by atoms with E-state index in [4.69, 9.17) is 4.74 Å². The quantitative estimate of drug-likeness (QED) is 0.622. The van der Waals surface area contributed by atoms with Gasteiger partial charge in [0.25, 0.3) is 0 Å². The SMILES string of the molecule is COc1ccc(CNC(C)C2CC2)cc1[N+](=O)[O-]. The molecule has 1 aromatic rings. The van der Waals surface area contributed by atoms with Crippen LogP contribution in [-0.2, 0) is 6.54 Å². The lowest BCUT2D eigenvalue weighted by Crippen LogP contribution is -2.27. The van der Waals surface area contributed by atoms with Crippen LogP contribution in [0.3, 0.4) is 0 Å². The van der Waals surface area contributed by atoms with Crippen molar-refractivity contribution in [3.63, 3.8) is 0 Å². The van der Waals surface area contributed by atoms with E-state index in [1.165, 1.54) is 20.0 Å². The van der Waals surface area contributed by atoms with Crippen molar-refractivity contribution in [2.75, 3.05) is 7.11 Å². The van der Waals surface area contributed by atoms with E-state index in [1.54, 1.807) is 12.1 Å². The predicted octanol–water partition coefficient (Wildman–Crippen LogP) is 2.49. The Morgan fingerprint density at radius 1 is 1.56 bits per heavy atom. The zero-order valence-electron chi connectivity index (χ0n) is 10.7. The van der Waals surface area contributed by atoms with E-state index in [0.29, 0.717) is 18.3 Å². The van der Waals surface area contributed by atoms with Gasteiger partial charge in [0.2, 0.25) is 0 Å². The topological polar surface area (TPSA) is 64.4 Å². The molecular weight excluding hydrogens is 232 g/mol. The number of nitrogens with one attached hydrogen (secondary N) is 1. The van der Waals surface area contributed by atoms with Gasteiger partial charge in [-0.2, -0.15) is 0 Å². The third-order valence-electron chi connectivity index (χ3n) is 3.40. The van der Waals surface area contributed by atoms with Gasteiger partial charge in [0.1, 0.15) is 0 Å². The summed E-state index contributed by atoms with van der Waals surface area (Å²) >= 11 is 0. The van der Waals surface area contributed by atoms with E-state index in [2.05, 4.69) is 12.2 Å². The lowest BCUT2D eigenvalue weighted by molar-refractivity contribution is -0.385. The fourth-order valence-corrected chi connectivity index (χ4v) is 2.03. The van der Waals surface area contributed by atoms with Crippen LogP contribution in [-0.4, -0.2) is 18.1 Å². The molecule has 5 nitrogen and oxygen atoms in total. The van der Waals surface area contributed by atoms with Gasteiger partial charge >= 0.3 is 5.69 Å². The van der Waals surface area contributed by atoms with Crippen LogP contribution >= 0.6 is 0 Å². The van der Waals surface area contributed by atoms with Crippen LogP contribution in [0.2, 0.25) is 0 Å². The van der Waals surface area contributed by atoms with Crippen LogP contribution < -0.4 is 10.1 Å². The number of hydrogen-bond acceptors (Lipinski definition) is 4. The summed E-state index contributed by atoms with van der Waals surface area (Å²) in [6, 6.07) is 5.56. The molecule has 18 heavy (non-hydrogen) atoms. The van der Waals surface area contributed by atoms with Crippen molar-refractivity contribution in [3.8, 4) is 5.75 Å². The highest BCUT2D eigenvalue weighted by atomic mass is 16.6. The molecule has 98 valence electrons. The van der Waals surface area contributed by atoms with Gasteiger partial charge in [-0.15, -0.1) is 0 Å². The number of rotatable bonds is 6. The Morgan fingerprint density at radius 3 is 2.83 bits per heavy atom. The van der Waals surface area contributed by atoms with Crippen molar-refractivity contribution in [2.24, 2.45) is 5.92 Å². The maximum atomic E-state index is 10.9. The third-order valence-corrected chi connectivity index (χ3v) is 3.40. The molecular formula is C13H18N2O3. The molecule has 0 bridgehead atoms. The zero-order chi connectivity index (χ0) is 13.1. The minimum absolute atomic E-state index is 0.0240. The average Bonchev–Trinajstić information content (AvgIpc) is 3.19. The molecule has 0 aromatic heterocycles. The Bertz CT molecular complexity index is 444. The molecule has 0 saturated heterocycles. The van der Waals surface area contributed by atoms with Crippen LogP contribution in [0.1, 0.15) is 25.3 Å². The maximum Gasteiger partial charge on any atom is 0.311 e. The van der Waals surface area contributed by atoms with Crippen LogP contribution in [0.25, 0.3) is 0 Å². The normalized spacial score (nSPS) is 16.3. The highest BCUT2D eigenvalue weighted by Crippen LogP contribution is 2.32. The highest BCUT2D eigenvalue weighted by molar-refractivity contribution is 5.48. The molecule has 1 saturated carbocycles. The van der Waals surface area contributed by atoms with Gasteiger partial charge < -0.3 is 10.1 Å². The fourth-order valence-electron chi connectivity index (χ4n) is 2.03. The standard InChI is InChI=1S/C13H18N2O3/c1-9(11-4-5-11)14-8-10-3-6-13(18-2)12(7-10)15(16)17/h3,6-7,9,11,14H,4-5,8H2,1-2H3. The molecule has 1 aliphatic carbocycles. The molecule has 1 atom stereocenters. The van der Waals surface area contributed by atoms with E-state index in [1.807, 2.05) is 6.07 Å². The molecule has 0 heterocycles. The summed E-state index contributed by atoms with van der Waals surface area (Å²) in [5.74, 6) is 1.08. The monoisotopic (exact) mass is 250 g/mol. The number of nitro groups is 1. The van der Waals surface area contributed by atoms with Gasteiger partial charge in [0.15, 0.2) is 5.75 Å². The van der Waals surface area contributed by atoms with Gasteiger partial charge in [-0.25, -0.2) is 0 Å². The summed E-state index contributed by atoms with van der Waals surface area (Å²) < 4.78 is 4.97. The smallest absolute Gasteiger partial charge is 0.311 e. The molecule has 0 radical (unpaired) electrons. The minimum Gasteiger partial charge on any atom is -0.490 e. The summed E-state index contributed by atoms with van der Waals surface area (Å²) in [4.78, 5) is 10.5. The summed E-state index contributed by atoms with van der Waals surface area (Å²) in [6.07, 6.45) is 2.58. The first-order valence-corrected chi connectivity index (χ1v) is 6.16. The lowest BCUT2D eigenvalue weighted by atomic mass is 10.1. The van der Waals surface area contributed by atoms with Crippen LogP contribution in [0, 0.1) is 16.0 Å². The Kier molecular flexibility index (Phi) is 3.81. The first kappa shape index (κ1) is 12.8. The summed E-state index contributed by atoms with van der Waals surface area (Å²) in [5.41, 5.74) is 0.936. The second-order valence-corrected chi connectivity index (χ2v) is 4.77. The molecule has 1 unspecified atom stereocenters. The van der Waals surface area contributed by atoms with E-state index >= 15 is 0 Å². The van der Waals surface area contributed by atoms with Gasteiger partial charge in [-0.3, -0.25) is 10.1 Å². The largest absolute Gasteiger partial charge is 0.490 e. The lowest BCUT2D eigenvalue weighted by Gasteiger charge is -2.12. The predicted molar refractivity (Wildman–Crippen MR) is 68.7 cm³/mol. The van der Waals surface area contributed by atoms with E-state index in [-0.39, 0.29) is 5.69 Å². The second kappa shape index (κ2) is 5.35. The van der Waals surface area contributed by atoms with E-state index < -0.39 is 4.92 Å². The summed E-state index contributed by atoms with van der Waals surface area (Å²) in [5, 5.41) is 14.3. The van der Waals surface area contributed by atoms with Crippen LogP contribution in [0.15, 0.2) is 18.2 Å². The first-order valence-electron chi connectivity index (χ1n) is 6.16. The number of nitro benzene ring substituents is 1. The molecule has 1 fully saturated rings. The number of methoxy groups -OCH3 is 1. The zero-order valence-corrected chi connectivity index (χ0v) is 10.7. The highest BCUT2D eigenvalue weighted by Gasteiger charge is 2.27. The van der Waals surface area contributed by atoms with Crippen molar-refractivity contribution < 1.29 is 9.66 Å². The Hall–Kier alpha value is -1.62. The Balaban J connectivity index is 2.03. The molecule has 0 spiro atoms. The molecule has 1 aromatic carbocycles. The Labute approximate surface area is 106 Å². The second-order valence-electron chi connectivity index (χ2n) is 4.77. The van der Waals surface area contributed by atoms with Gasteiger partial charge in [-0.1, -0.05) is 6.07 Å². The molecule has 0 amide bonds. The Morgan fingerprint density at radius 2 is 2.28 bits per heavy atom. The molecule has 1 aliphatic rings. The van der Waals surface area contributed by atoms with Crippen molar-refractivity contribution in [2.45, 2.75) is 32.4 Å². The van der Waals surface area contributed by atoms with Crippen molar-refractivity contribution >= 4 is 5.69 Å². The molecule has 2 rings (SSSR count). The number of hydrogen-bond donors (Lipinski definition) is 1. The van der Waals surface area contributed by atoms with Crippen molar-refractivity contribution in [3.05, 3.63) is 33.9 Å². The molecule has 5 heteroatoms. The number of ether oxygens (including phenoxy) is 1. The minimum atomic E-state index is -0.410. The van der Waals surface area contributed by atoms with Gasteiger partial charge in [0, 0.05) is 18.7 Å². The van der Waals surface area contributed by atoms with Gasteiger partial charge in [0.05, 0.1) is 12.0 Å². The number of nitrogens with zero attached hydrogens (tertiary/aromatic N) is 1. The molecule has 1 N–H and O–H groups in total. The van der Waals surface area contributed by atoms with Crippen LogP contribution in [0.4, 0.5) is 5.69 Å². The fraction of sp³-hybridized carbons (Fsp3) is 0.538. The van der Waals surface area contributed by atoms with Crippen molar-refractivity contribution in [1.82, 2.24) is 5.32 Å². The number of benzene rings is 1. The van der Waals surface area contributed by atoms with E-state index in [0.717, 1.165) is 11.5 Å². The average molecular weight is 250 g/mol. The third kappa shape index (κ3) is 2.98. The van der Waals surface area contributed by atoms with Crippen LogP contribution in [0.5, 0.6) is 5.75 Å². The molecule has 0 aliphatic heterocycles. The first-order chi connectivity index (χ1) is 8.61. The summed E-state index contributed by atoms with van der Waals surface area (Å²) in [6.45, 7) is 2.82. The van der Waals surface area contributed by atoms with Gasteiger partial charge in [-0.05, 0) is 37.3 Å².